The molecule has 0 aromatic heterocycles. The van der Waals surface area contributed by atoms with Crippen molar-refractivity contribution in [1.29, 1.82) is 0 Å². The molecule has 1 aromatic rings. The van der Waals surface area contributed by atoms with Gasteiger partial charge in [-0.05, 0) is 0 Å². The molecule has 0 unspecified atom stereocenters. The summed E-state index contributed by atoms with van der Waals surface area (Å²) in [4.78, 5) is 1.37. The molecule has 0 saturated carbocycles. The smallest absolute Gasteiger partial charge is 0.103 e. The van der Waals surface area contributed by atoms with Crippen molar-refractivity contribution in [1.82, 2.24) is 0 Å². The number of rotatable bonds is 12. The SMILES string of the molecule is OCCOCC[NH+](CCOCCO)Cc1ccccc1. The van der Waals surface area contributed by atoms with Crippen molar-refractivity contribution in [3.63, 3.8) is 0 Å². The third-order valence-electron chi connectivity index (χ3n) is 2.97. The topological polar surface area (TPSA) is 63.4 Å². The van der Waals surface area contributed by atoms with Gasteiger partial charge in [-0.3, -0.25) is 0 Å². The van der Waals surface area contributed by atoms with E-state index in [2.05, 4.69) is 12.1 Å². The highest BCUT2D eigenvalue weighted by atomic mass is 16.5. The Morgan fingerprint density at radius 1 is 0.800 bits per heavy atom. The summed E-state index contributed by atoms with van der Waals surface area (Å²) in [6, 6.07) is 10.3. The fourth-order valence-corrected chi connectivity index (χ4v) is 1.95. The predicted octanol–water partition coefficient (Wildman–Crippen LogP) is -0.911. The molecule has 1 aromatic carbocycles. The van der Waals surface area contributed by atoms with Crippen LogP contribution in [0.15, 0.2) is 30.3 Å². The molecular formula is C15H26NO4+. The first kappa shape index (κ1) is 17.1. The maximum atomic E-state index is 8.69. The molecule has 3 N–H and O–H groups in total. The van der Waals surface area contributed by atoms with Gasteiger partial charge in [-0.25, -0.2) is 0 Å². The lowest BCUT2D eigenvalue weighted by Gasteiger charge is -2.19. The zero-order valence-corrected chi connectivity index (χ0v) is 12.0. The van der Waals surface area contributed by atoms with E-state index in [0.29, 0.717) is 26.4 Å². The highest BCUT2D eigenvalue weighted by molar-refractivity contribution is 5.13. The van der Waals surface area contributed by atoms with Gasteiger partial charge in [-0.2, -0.15) is 0 Å². The average Bonchev–Trinajstić information content (AvgIpc) is 2.49. The molecule has 0 aliphatic heterocycles. The summed E-state index contributed by atoms with van der Waals surface area (Å²) in [5.41, 5.74) is 1.28. The van der Waals surface area contributed by atoms with Crippen LogP contribution in [-0.4, -0.2) is 62.9 Å². The second kappa shape index (κ2) is 11.8. The number of aliphatic hydroxyl groups is 2. The van der Waals surface area contributed by atoms with Gasteiger partial charge in [0.2, 0.25) is 0 Å². The molecule has 0 aliphatic rings. The molecule has 0 atom stereocenters. The van der Waals surface area contributed by atoms with E-state index in [1.165, 1.54) is 10.5 Å². The summed E-state index contributed by atoms with van der Waals surface area (Å²) in [7, 11) is 0. The van der Waals surface area contributed by atoms with E-state index in [0.717, 1.165) is 19.6 Å². The normalized spacial score (nSPS) is 11.2. The van der Waals surface area contributed by atoms with Gasteiger partial charge in [0.1, 0.15) is 19.6 Å². The summed E-state index contributed by atoms with van der Waals surface area (Å²) >= 11 is 0. The first-order chi connectivity index (χ1) is 9.86. The van der Waals surface area contributed by atoms with Crippen LogP contribution in [0, 0.1) is 0 Å². The Morgan fingerprint density at radius 2 is 1.35 bits per heavy atom. The Kier molecular flexibility index (Phi) is 10.1. The largest absolute Gasteiger partial charge is 0.394 e. The number of ether oxygens (including phenoxy) is 2. The van der Waals surface area contributed by atoms with E-state index in [1.54, 1.807) is 0 Å². The van der Waals surface area contributed by atoms with Crippen LogP contribution in [0.5, 0.6) is 0 Å². The molecule has 5 heteroatoms. The summed E-state index contributed by atoms with van der Waals surface area (Å²) < 4.78 is 10.7. The van der Waals surface area contributed by atoms with Gasteiger partial charge in [0.15, 0.2) is 0 Å². The third kappa shape index (κ3) is 8.24. The first-order valence-electron chi connectivity index (χ1n) is 7.11. The summed E-state index contributed by atoms with van der Waals surface area (Å²) in [6.07, 6.45) is 0. The van der Waals surface area contributed by atoms with E-state index in [9.17, 15) is 0 Å². The molecule has 1 rings (SSSR count). The van der Waals surface area contributed by atoms with Crippen LogP contribution < -0.4 is 4.90 Å². The fraction of sp³-hybridized carbons (Fsp3) is 0.600. The van der Waals surface area contributed by atoms with E-state index >= 15 is 0 Å². The van der Waals surface area contributed by atoms with Crippen LogP contribution in [0.4, 0.5) is 0 Å². The maximum absolute atomic E-state index is 8.69. The van der Waals surface area contributed by atoms with Crippen LogP contribution in [0.1, 0.15) is 5.56 Å². The molecule has 0 heterocycles. The number of benzene rings is 1. The van der Waals surface area contributed by atoms with Crippen molar-refractivity contribution in [2.24, 2.45) is 0 Å². The highest BCUT2D eigenvalue weighted by Crippen LogP contribution is 1.95. The molecule has 0 radical (unpaired) electrons. The van der Waals surface area contributed by atoms with E-state index in [4.69, 9.17) is 19.7 Å². The van der Waals surface area contributed by atoms with Crippen molar-refractivity contribution in [2.75, 3.05) is 52.7 Å². The lowest BCUT2D eigenvalue weighted by Crippen LogP contribution is -3.11. The molecule has 5 nitrogen and oxygen atoms in total. The Bertz CT molecular complexity index is 309. The van der Waals surface area contributed by atoms with Gasteiger partial charge < -0.3 is 24.6 Å². The molecule has 0 spiro atoms. The highest BCUT2D eigenvalue weighted by Gasteiger charge is 2.09. The van der Waals surface area contributed by atoms with Gasteiger partial charge >= 0.3 is 0 Å². The van der Waals surface area contributed by atoms with Gasteiger partial charge in [-0.15, -0.1) is 0 Å². The second-order valence-corrected chi connectivity index (χ2v) is 4.58. The molecule has 0 aliphatic carbocycles. The standard InChI is InChI=1S/C15H25NO4/c17-8-12-19-10-6-16(7-11-20-13-9-18)14-15-4-2-1-3-5-15/h1-5,17-18H,6-14H2/p+1. The van der Waals surface area contributed by atoms with Crippen molar-refractivity contribution in [3.05, 3.63) is 35.9 Å². The van der Waals surface area contributed by atoms with Crippen LogP contribution in [0.3, 0.4) is 0 Å². The van der Waals surface area contributed by atoms with E-state index < -0.39 is 0 Å². The first-order valence-corrected chi connectivity index (χ1v) is 7.11. The zero-order chi connectivity index (χ0) is 14.5. The Labute approximate surface area is 120 Å². The van der Waals surface area contributed by atoms with Crippen LogP contribution >= 0.6 is 0 Å². The maximum Gasteiger partial charge on any atom is 0.103 e. The lowest BCUT2D eigenvalue weighted by atomic mass is 10.2. The monoisotopic (exact) mass is 284 g/mol. The lowest BCUT2D eigenvalue weighted by molar-refractivity contribution is -0.914. The number of aliphatic hydroxyl groups excluding tert-OH is 2. The summed E-state index contributed by atoms with van der Waals surface area (Å²) in [5, 5.41) is 17.4. The molecule has 0 amide bonds. The minimum atomic E-state index is 0.0631. The van der Waals surface area contributed by atoms with Crippen LogP contribution in [-0.2, 0) is 16.0 Å². The minimum absolute atomic E-state index is 0.0631. The molecule has 0 bridgehead atoms. The van der Waals surface area contributed by atoms with Crippen molar-refractivity contribution >= 4 is 0 Å². The molecular weight excluding hydrogens is 258 g/mol. The van der Waals surface area contributed by atoms with Crippen LogP contribution in [0.2, 0.25) is 0 Å². The van der Waals surface area contributed by atoms with Crippen molar-refractivity contribution in [3.8, 4) is 0 Å². The quantitative estimate of drug-likeness (QED) is 0.435. The minimum Gasteiger partial charge on any atom is -0.394 e. The van der Waals surface area contributed by atoms with Crippen molar-refractivity contribution < 1.29 is 24.6 Å². The Morgan fingerprint density at radius 3 is 1.85 bits per heavy atom. The summed E-state index contributed by atoms with van der Waals surface area (Å²) in [5.74, 6) is 0. The average molecular weight is 284 g/mol. The molecule has 114 valence electrons. The van der Waals surface area contributed by atoms with E-state index in [1.807, 2.05) is 18.2 Å². The Hall–Kier alpha value is -0.980. The molecule has 20 heavy (non-hydrogen) atoms. The van der Waals surface area contributed by atoms with Gasteiger partial charge in [0, 0.05) is 5.56 Å². The van der Waals surface area contributed by atoms with Gasteiger partial charge in [-0.1, -0.05) is 30.3 Å². The zero-order valence-electron chi connectivity index (χ0n) is 12.0. The molecule has 0 saturated heterocycles. The van der Waals surface area contributed by atoms with Crippen molar-refractivity contribution in [2.45, 2.75) is 6.54 Å². The number of quaternary nitrogens is 1. The van der Waals surface area contributed by atoms with E-state index in [-0.39, 0.29) is 13.2 Å². The number of hydrogen-bond donors (Lipinski definition) is 3. The summed E-state index contributed by atoms with van der Waals surface area (Å²) in [6.45, 7) is 4.83. The molecule has 0 fully saturated rings. The predicted molar refractivity (Wildman–Crippen MR) is 76.7 cm³/mol. The fourth-order valence-electron chi connectivity index (χ4n) is 1.95. The third-order valence-corrected chi connectivity index (χ3v) is 2.97. The van der Waals surface area contributed by atoms with Gasteiger partial charge in [0.25, 0.3) is 0 Å². The van der Waals surface area contributed by atoms with Crippen LogP contribution in [0.25, 0.3) is 0 Å². The number of nitrogens with one attached hydrogen (secondary N) is 1. The van der Waals surface area contributed by atoms with Gasteiger partial charge in [0.05, 0.1) is 39.6 Å². The second-order valence-electron chi connectivity index (χ2n) is 4.58. The Balaban J connectivity index is 2.33. The number of hydrogen-bond acceptors (Lipinski definition) is 4.